The Morgan fingerprint density at radius 3 is 2.28 bits per heavy atom. The van der Waals surface area contributed by atoms with Gasteiger partial charge in [-0.15, -0.1) is 11.3 Å². The third kappa shape index (κ3) is 5.39. The van der Waals surface area contributed by atoms with E-state index in [4.69, 9.17) is 0 Å². The van der Waals surface area contributed by atoms with Gasteiger partial charge in [-0.05, 0) is 17.7 Å². The minimum atomic E-state index is -3.78. The van der Waals surface area contributed by atoms with E-state index in [2.05, 4.69) is 15.0 Å². The van der Waals surface area contributed by atoms with Crippen LogP contribution in [0.1, 0.15) is 17.3 Å². The zero-order chi connectivity index (χ0) is 20.9. The minimum Gasteiger partial charge on any atom is -0.479 e. The van der Waals surface area contributed by atoms with E-state index >= 15 is 0 Å². The molecule has 3 aromatic rings. The molecule has 0 aliphatic heterocycles. The number of hydrogen-bond acceptors (Lipinski definition) is 6. The van der Waals surface area contributed by atoms with Crippen LogP contribution in [0.3, 0.4) is 0 Å². The maximum Gasteiger partial charge on any atom is 0.330 e. The fourth-order valence-corrected chi connectivity index (χ4v) is 4.50. The Labute approximate surface area is 171 Å². The van der Waals surface area contributed by atoms with Gasteiger partial charge in [0.15, 0.2) is 11.2 Å². The Balaban J connectivity index is 1.65. The maximum absolute atomic E-state index is 12.3. The topological polar surface area (TPSA) is 125 Å². The third-order valence-electron chi connectivity index (χ3n) is 3.85. The van der Waals surface area contributed by atoms with Gasteiger partial charge in [0.2, 0.25) is 5.91 Å². The summed E-state index contributed by atoms with van der Waals surface area (Å²) in [5.41, 5.74) is 0.776. The van der Waals surface area contributed by atoms with Crippen molar-refractivity contribution in [1.82, 2.24) is 10.3 Å². The monoisotopic (exact) mass is 431 g/mol. The molecule has 0 saturated heterocycles. The largest absolute Gasteiger partial charge is 0.479 e. The van der Waals surface area contributed by atoms with Gasteiger partial charge in [-0.1, -0.05) is 48.5 Å². The number of hydrogen-bond donors (Lipinski definition) is 3. The van der Waals surface area contributed by atoms with Crippen LogP contribution >= 0.6 is 11.3 Å². The Bertz CT molecular complexity index is 1100. The Hall–Kier alpha value is -3.24. The fourth-order valence-electron chi connectivity index (χ4n) is 2.52. The molecular weight excluding hydrogens is 414 g/mol. The van der Waals surface area contributed by atoms with Crippen molar-refractivity contribution in [3.05, 3.63) is 77.3 Å². The number of carbonyl (C=O) groups is 2. The molecule has 0 bridgehead atoms. The molecule has 0 fully saturated rings. The van der Waals surface area contributed by atoms with E-state index in [0.29, 0.717) is 11.3 Å². The molecule has 2 aromatic carbocycles. The molecule has 29 heavy (non-hydrogen) atoms. The molecule has 0 unspecified atom stereocenters. The van der Waals surface area contributed by atoms with Crippen molar-refractivity contribution in [3.63, 3.8) is 0 Å². The van der Waals surface area contributed by atoms with Gasteiger partial charge >= 0.3 is 5.97 Å². The van der Waals surface area contributed by atoms with Gasteiger partial charge in [-0.2, -0.15) is 0 Å². The minimum absolute atomic E-state index is 0.0988. The van der Waals surface area contributed by atoms with Crippen LogP contribution in [0.15, 0.2) is 70.9 Å². The number of aliphatic carboxylic acids is 1. The van der Waals surface area contributed by atoms with Gasteiger partial charge in [-0.3, -0.25) is 9.52 Å². The molecule has 150 valence electrons. The normalized spacial score (nSPS) is 12.1. The second-order valence-electron chi connectivity index (χ2n) is 5.99. The van der Waals surface area contributed by atoms with Crippen molar-refractivity contribution in [2.75, 3.05) is 4.72 Å². The summed E-state index contributed by atoms with van der Waals surface area (Å²) in [5, 5.41) is 13.5. The molecule has 0 radical (unpaired) electrons. The predicted octanol–water partition coefficient (Wildman–Crippen LogP) is 2.43. The molecule has 8 nitrogen and oxygen atoms in total. The van der Waals surface area contributed by atoms with Crippen molar-refractivity contribution in [2.45, 2.75) is 17.4 Å². The molecule has 3 N–H and O–H groups in total. The van der Waals surface area contributed by atoms with E-state index in [1.807, 2.05) is 0 Å². The molecule has 1 atom stereocenters. The van der Waals surface area contributed by atoms with Crippen molar-refractivity contribution in [2.24, 2.45) is 0 Å². The van der Waals surface area contributed by atoms with Crippen LogP contribution in [-0.4, -0.2) is 30.4 Å². The molecule has 1 heterocycles. The van der Waals surface area contributed by atoms with E-state index < -0.39 is 27.9 Å². The highest BCUT2D eigenvalue weighted by Crippen LogP contribution is 2.21. The van der Waals surface area contributed by atoms with E-state index in [0.717, 1.165) is 11.3 Å². The Kier molecular flexibility index (Phi) is 6.25. The fraction of sp³-hybridized carbons (Fsp3) is 0.105. The lowest BCUT2D eigenvalue weighted by molar-refractivity contribution is -0.142. The lowest BCUT2D eigenvalue weighted by atomic mass is 10.1. The van der Waals surface area contributed by atoms with Gasteiger partial charge in [0.25, 0.3) is 10.0 Å². The number of carbonyl (C=O) groups excluding carboxylic acids is 1. The van der Waals surface area contributed by atoms with Gasteiger partial charge in [0, 0.05) is 5.38 Å². The first kappa shape index (κ1) is 20.5. The van der Waals surface area contributed by atoms with Gasteiger partial charge < -0.3 is 10.4 Å². The first-order valence-corrected chi connectivity index (χ1v) is 10.8. The van der Waals surface area contributed by atoms with E-state index in [-0.39, 0.29) is 16.4 Å². The number of rotatable bonds is 8. The van der Waals surface area contributed by atoms with Crippen LogP contribution in [-0.2, 0) is 26.0 Å². The van der Waals surface area contributed by atoms with Crippen LogP contribution in [0.2, 0.25) is 0 Å². The number of carboxylic acids is 1. The molecule has 0 aliphatic carbocycles. The lowest BCUT2D eigenvalue weighted by Gasteiger charge is -2.14. The zero-order valence-electron chi connectivity index (χ0n) is 15.0. The van der Waals surface area contributed by atoms with E-state index in [1.54, 1.807) is 53.9 Å². The number of sulfonamides is 1. The number of anilines is 1. The van der Waals surface area contributed by atoms with E-state index in [9.17, 15) is 23.1 Å². The highest BCUT2D eigenvalue weighted by atomic mass is 32.2. The van der Waals surface area contributed by atoms with Crippen LogP contribution in [0.25, 0.3) is 0 Å². The number of nitrogens with zero attached hydrogens (tertiary/aromatic N) is 1. The zero-order valence-corrected chi connectivity index (χ0v) is 16.6. The average Bonchev–Trinajstić information content (AvgIpc) is 3.13. The van der Waals surface area contributed by atoms with Gasteiger partial charge in [0.05, 0.1) is 17.0 Å². The summed E-state index contributed by atoms with van der Waals surface area (Å²) in [5.74, 6) is -1.72. The van der Waals surface area contributed by atoms with Crippen LogP contribution < -0.4 is 10.0 Å². The summed E-state index contributed by atoms with van der Waals surface area (Å²) in [6, 6.07) is 15.0. The molecule has 0 saturated carbocycles. The average molecular weight is 431 g/mol. The van der Waals surface area contributed by atoms with Crippen molar-refractivity contribution in [1.29, 1.82) is 0 Å². The number of benzene rings is 2. The maximum atomic E-state index is 12.3. The number of amides is 1. The number of nitrogens with one attached hydrogen (secondary N) is 2. The summed E-state index contributed by atoms with van der Waals surface area (Å²) >= 11 is 1.04. The van der Waals surface area contributed by atoms with Crippen molar-refractivity contribution >= 4 is 38.4 Å². The molecule has 3 rings (SSSR count). The smallest absolute Gasteiger partial charge is 0.330 e. The second kappa shape index (κ2) is 8.84. The van der Waals surface area contributed by atoms with E-state index in [1.165, 1.54) is 12.1 Å². The number of carboxylic acid groups (broad SMARTS) is 1. The molecule has 0 spiro atoms. The second-order valence-corrected chi connectivity index (χ2v) is 8.53. The summed E-state index contributed by atoms with van der Waals surface area (Å²) in [7, 11) is -3.78. The van der Waals surface area contributed by atoms with Crippen LogP contribution in [0, 0.1) is 0 Å². The van der Waals surface area contributed by atoms with Crippen LogP contribution in [0.5, 0.6) is 0 Å². The predicted molar refractivity (Wildman–Crippen MR) is 108 cm³/mol. The Morgan fingerprint density at radius 2 is 1.66 bits per heavy atom. The van der Waals surface area contributed by atoms with Crippen molar-refractivity contribution in [3.8, 4) is 0 Å². The summed E-state index contributed by atoms with van der Waals surface area (Å²) in [6.07, 6.45) is -0.180. The molecule has 1 amide bonds. The summed E-state index contributed by atoms with van der Waals surface area (Å²) in [6.45, 7) is 0. The molecule has 0 aliphatic rings. The number of aromatic nitrogens is 1. The third-order valence-corrected chi connectivity index (χ3v) is 6.14. The van der Waals surface area contributed by atoms with Gasteiger partial charge in [0.1, 0.15) is 0 Å². The standard InChI is InChI=1S/C19H17N3O5S2/c23-16(21-17(18(24)25)13-7-3-1-4-8-13)11-14-12-28-19(20-14)22-29(26,27)15-9-5-2-6-10-15/h1-10,12,17H,11H2,(H,20,22)(H,21,23)(H,24,25)/t17-/m0/s1. The molecule has 1 aromatic heterocycles. The van der Waals surface area contributed by atoms with Crippen LogP contribution in [0.4, 0.5) is 5.13 Å². The summed E-state index contributed by atoms with van der Waals surface area (Å²) in [4.78, 5) is 28.0. The highest BCUT2D eigenvalue weighted by Gasteiger charge is 2.22. The van der Waals surface area contributed by atoms with Gasteiger partial charge in [-0.25, -0.2) is 18.2 Å². The lowest BCUT2D eigenvalue weighted by Crippen LogP contribution is -2.34. The SMILES string of the molecule is O=C(Cc1csc(NS(=O)(=O)c2ccccc2)n1)N[C@H](C(=O)O)c1ccccc1. The quantitative estimate of drug-likeness (QED) is 0.503. The Morgan fingerprint density at radius 1 is 1.03 bits per heavy atom. The first-order valence-electron chi connectivity index (χ1n) is 8.44. The molecular formula is C19H17N3O5S2. The summed E-state index contributed by atoms with van der Waals surface area (Å²) < 4.78 is 27.0. The first-order chi connectivity index (χ1) is 13.8. The van der Waals surface area contributed by atoms with Crippen molar-refractivity contribution < 1.29 is 23.1 Å². The molecule has 10 heteroatoms. The highest BCUT2D eigenvalue weighted by molar-refractivity contribution is 7.93. The number of thiazole rings is 1.